The van der Waals surface area contributed by atoms with Gasteiger partial charge in [0.15, 0.2) is 0 Å². The second-order valence-corrected chi connectivity index (χ2v) is 5.85. The largest absolute Gasteiger partial charge is 0.314 e. The van der Waals surface area contributed by atoms with Gasteiger partial charge in [0.05, 0.1) is 0 Å². The van der Waals surface area contributed by atoms with E-state index in [0.29, 0.717) is 0 Å². The maximum atomic E-state index is 3.74. The van der Waals surface area contributed by atoms with Crippen molar-refractivity contribution in [3.8, 4) is 0 Å². The summed E-state index contributed by atoms with van der Waals surface area (Å²) in [7, 11) is 0. The molecule has 2 saturated carbocycles. The Morgan fingerprint density at radius 3 is 2.27 bits per heavy atom. The standard InChI is InChI=1S/C14H27N/c1-12-6-8-13(9-7-12)10-11-15-14-4-2-3-5-14/h12-15H,2-11H2,1H3. The molecular weight excluding hydrogens is 182 g/mol. The summed E-state index contributed by atoms with van der Waals surface area (Å²) >= 11 is 0. The van der Waals surface area contributed by atoms with Gasteiger partial charge in [0, 0.05) is 6.04 Å². The van der Waals surface area contributed by atoms with Crippen molar-refractivity contribution in [1.29, 1.82) is 0 Å². The first-order valence-electron chi connectivity index (χ1n) is 7.08. The Bertz CT molecular complexity index is 164. The molecule has 0 aromatic rings. The van der Waals surface area contributed by atoms with Gasteiger partial charge in [0.25, 0.3) is 0 Å². The first kappa shape index (κ1) is 11.4. The van der Waals surface area contributed by atoms with E-state index in [4.69, 9.17) is 0 Å². The highest BCUT2D eigenvalue weighted by molar-refractivity contribution is 4.75. The van der Waals surface area contributed by atoms with Crippen LogP contribution in [0.3, 0.4) is 0 Å². The maximum Gasteiger partial charge on any atom is 0.00670 e. The molecule has 0 amide bonds. The van der Waals surface area contributed by atoms with Crippen LogP contribution in [0.1, 0.15) is 64.7 Å². The van der Waals surface area contributed by atoms with Crippen molar-refractivity contribution < 1.29 is 0 Å². The van der Waals surface area contributed by atoms with E-state index >= 15 is 0 Å². The Kier molecular flexibility index (Phi) is 4.49. The molecule has 0 heterocycles. The van der Waals surface area contributed by atoms with E-state index in [2.05, 4.69) is 12.2 Å². The van der Waals surface area contributed by atoms with E-state index in [1.165, 1.54) is 64.3 Å². The molecule has 0 unspecified atom stereocenters. The molecule has 0 aromatic carbocycles. The summed E-state index contributed by atoms with van der Waals surface area (Å²) in [5, 5.41) is 3.74. The molecular formula is C14H27N. The van der Waals surface area contributed by atoms with Gasteiger partial charge in [0.1, 0.15) is 0 Å². The number of rotatable bonds is 4. The van der Waals surface area contributed by atoms with E-state index in [-0.39, 0.29) is 0 Å². The molecule has 0 atom stereocenters. The SMILES string of the molecule is CC1CCC(CCNC2CCCC2)CC1. The minimum atomic E-state index is 0.868. The van der Waals surface area contributed by atoms with E-state index in [1.54, 1.807) is 0 Å². The van der Waals surface area contributed by atoms with Crippen LogP contribution in [0.5, 0.6) is 0 Å². The zero-order valence-electron chi connectivity index (χ0n) is 10.3. The van der Waals surface area contributed by atoms with Gasteiger partial charge in [-0.1, -0.05) is 45.4 Å². The van der Waals surface area contributed by atoms with Crippen molar-refractivity contribution in [3.63, 3.8) is 0 Å². The zero-order valence-corrected chi connectivity index (χ0v) is 10.3. The zero-order chi connectivity index (χ0) is 10.5. The molecule has 0 aliphatic heterocycles. The van der Waals surface area contributed by atoms with E-state index in [9.17, 15) is 0 Å². The van der Waals surface area contributed by atoms with Gasteiger partial charge in [0.2, 0.25) is 0 Å². The van der Waals surface area contributed by atoms with Gasteiger partial charge in [-0.2, -0.15) is 0 Å². The molecule has 0 saturated heterocycles. The fourth-order valence-electron chi connectivity index (χ4n) is 3.24. The van der Waals surface area contributed by atoms with Crippen LogP contribution in [0.15, 0.2) is 0 Å². The molecule has 88 valence electrons. The molecule has 1 nitrogen and oxygen atoms in total. The summed E-state index contributed by atoms with van der Waals surface area (Å²) in [4.78, 5) is 0. The summed E-state index contributed by atoms with van der Waals surface area (Å²) in [6.07, 6.45) is 13.2. The molecule has 2 aliphatic carbocycles. The Balaban J connectivity index is 1.53. The highest BCUT2D eigenvalue weighted by Crippen LogP contribution is 2.30. The van der Waals surface area contributed by atoms with E-state index in [0.717, 1.165) is 17.9 Å². The number of hydrogen-bond donors (Lipinski definition) is 1. The Labute approximate surface area is 95.0 Å². The third kappa shape index (κ3) is 3.79. The molecule has 0 bridgehead atoms. The smallest absolute Gasteiger partial charge is 0.00670 e. The lowest BCUT2D eigenvalue weighted by atomic mass is 9.81. The Hall–Kier alpha value is -0.0400. The summed E-state index contributed by atoms with van der Waals surface area (Å²) < 4.78 is 0. The van der Waals surface area contributed by atoms with Crippen molar-refractivity contribution in [2.24, 2.45) is 11.8 Å². The number of hydrogen-bond acceptors (Lipinski definition) is 1. The van der Waals surface area contributed by atoms with Gasteiger partial charge in [-0.3, -0.25) is 0 Å². The average Bonchev–Trinajstić information content (AvgIpc) is 2.74. The molecule has 0 aromatic heterocycles. The van der Waals surface area contributed by atoms with Crippen LogP contribution in [-0.2, 0) is 0 Å². The lowest BCUT2D eigenvalue weighted by Crippen LogP contribution is -2.28. The highest BCUT2D eigenvalue weighted by Gasteiger charge is 2.19. The molecule has 2 rings (SSSR count). The van der Waals surface area contributed by atoms with Crippen LogP contribution in [0.25, 0.3) is 0 Å². The van der Waals surface area contributed by atoms with E-state index in [1.807, 2.05) is 0 Å². The monoisotopic (exact) mass is 209 g/mol. The fraction of sp³-hybridized carbons (Fsp3) is 1.00. The Morgan fingerprint density at radius 1 is 0.933 bits per heavy atom. The first-order chi connectivity index (χ1) is 7.34. The van der Waals surface area contributed by atoms with Crippen molar-refractivity contribution in [2.45, 2.75) is 70.8 Å². The van der Waals surface area contributed by atoms with Crippen molar-refractivity contribution in [2.75, 3.05) is 6.54 Å². The normalized spacial score (nSPS) is 33.4. The fourth-order valence-corrected chi connectivity index (χ4v) is 3.24. The quantitative estimate of drug-likeness (QED) is 0.744. The third-order valence-electron chi connectivity index (χ3n) is 4.48. The predicted octanol–water partition coefficient (Wildman–Crippen LogP) is 3.74. The minimum Gasteiger partial charge on any atom is -0.314 e. The summed E-state index contributed by atoms with van der Waals surface area (Å²) in [6.45, 7) is 3.69. The van der Waals surface area contributed by atoms with Crippen molar-refractivity contribution in [1.82, 2.24) is 5.32 Å². The van der Waals surface area contributed by atoms with Crippen LogP contribution < -0.4 is 5.32 Å². The van der Waals surface area contributed by atoms with Crippen molar-refractivity contribution in [3.05, 3.63) is 0 Å². The van der Waals surface area contributed by atoms with Crippen LogP contribution in [0.2, 0.25) is 0 Å². The predicted molar refractivity (Wildman–Crippen MR) is 66.0 cm³/mol. The molecule has 15 heavy (non-hydrogen) atoms. The van der Waals surface area contributed by atoms with Gasteiger partial charge in [-0.05, 0) is 37.6 Å². The third-order valence-corrected chi connectivity index (χ3v) is 4.48. The minimum absolute atomic E-state index is 0.868. The van der Waals surface area contributed by atoms with Crippen molar-refractivity contribution >= 4 is 0 Å². The van der Waals surface area contributed by atoms with Crippen LogP contribution in [0, 0.1) is 11.8 Å². The molecule has 2 fully saturated rings. The highest BCUT2D eigenvalue weighted by atomic mass is 14.9. The second-order valence-electron chi connectivity index (χ2n) is 5.85. The maximum absolute atomic E-state index is 3.74. The lowest BCUT2D eigenvalue weighted by Gasteiger charge is -2.26. The summed E-state index contributed by atoms with van der Waals surface area (Å²) in [6, 6.07) is 0.868. The summed E-state index contributed by atoms with van der Waals surface area (Å²) in [5.74, 6) is 2.04. The molecule has 0 radical (unpaired) electrons. The van der Waals surface area contributed by atoms with Gasteiger partial charge >= 0.3 is 0 Å². The lowest BCUT2D eigenvalue weighted by molar-refractivity contribution is 0.272. The van der Waals surface area contributed by atoms with Gasteiger partial charge in [-0.25, -0.2) is 0 Å². The van der Waals surface area contributed by atoms with Crippen LogP contribution >= 0.6 is 0 Å². The summed E-state index contributed by atoms with van der Waals surface area (Å²) in [5.41, 5.74) is 0. The first-order valence-corrected chi connectivity index (χ1v) is 7.08. The van der Waals surface area contributed by atoms with Gasteiger partial charge in [-0.15, -0.1) is 0 Å². The van der Waals surface area contributed by atoms with Crippen LogP contribution in [-0.4, -0.2) is 12.6 Å². The molecule has 1 heteroatoms. The van der Waals surface area contributed by atoms with Gasteiger partial charge < -0.3 is 5.32 Å². The topological polar surface area (TPSA) is 12.0 Å². The average molecular weight is 209 g/mol. The second kappa shape index (κ2) is 5.89. The van der Waals surface area contributed by atoms with Crippen LogP contribution in [0.4, 0.5) is 0 Å². The number of nitrogens with one attached hydrogen (secondary N) is 1. The molecule has 2 aliphatic rings. The molecule has 0 spiro atoms. The Morgan fingerprint density at radius 2 is 1.60 bits per heavy atom. The molecule has 1 N–H and O–H groups in total. The van der Waals surface area contributed by atoms with E-state index < -0.39 is 0 Å².